The first-order valence-corrected chi connectivity index (χ1v) is 11.0. The van der Waals surface area contributed by atoms with Crippen LogP contribution in [0.15, 0.2) is 12.3 Å². The third-order valence-electron chi connectivity index (χ3n) is 6.13. The van der Waals surface area contributed by atoms with E-state index in [4.69, 9.17) is 4.74 Å². The molecule has 2 aliphatic rings. The molecule has 2 saturated carbocycles. The van der Waals surface area contributed by atoms with Crippen LogP contribution in [-0.4, -0.2) is 49.3 Å². The summed E-state index contributed by atoms with van der Waals surface area (Å²) in [6.07, 6.45) is 6.59. The molecule has 0 aromatic carbocycles. The lowest BCUT2D eigenvalue weighted by molar-refractivity contribution is -0.115. The maximum atomic E-state index is 12.3. The summed E-state index contributed by atoms with van der Waals surface area (Å²) < 4.78 is 7.14. The Labute approximate surface area is 181 Å². The van der Waals surface area contributed by atoms with Gasteiger partial charge in [0.15, 0.2) is 5.82 Å². The minimum absolute atomic E-state index is 0.0585. The van der Waals surface area contributed by atoms with Crippen molar-refractivity contribution in [2.24, 2.45) is 5.92 Å². The highest BCUT2D eigenvalue weighted by atomic mass is 16.5. The van der Waals surface area contributed by atoms with E-state index in [1.165, 1.54) is 0 Å². The normalized spacial score (nSPS) is 21.8. The first-order chi connectivity index (χ1) is 14.8. The molecule has 0 spiro atoms. The zero-order valence-corrected chi connectivity index (χ0v) is 18.4. The molecule has 0 unspecified atom stereocenters. The molecule has 3 N–H and O–H groups in total. The van der Waals surface area contributed by atoms with Gasteiger partial charge in [-0.1, -0.05) is 5.21 Å². The van der Waals surface area contributed by atoms with Crippen LogP contribution in [0.25, 0.3) is 0 Å². The number of rotatable bonds is 8. The molecule has 2 amide bonds. The van der Waals surface area contributed by atoms with E-state index < -0.39 is 0 Å². The molecule has 0 radical (unpaired) electrons. The van der Waals surface area contributed by atoms with Gasteiger partial charge in [0.25, 0.3) is 0 Å². The first kappa shape index (κ1) is 21.3. The zero-order chi connectivity index (χ0) is 22.0. The Morgan fingerprint density at radius 2 is 2.16 bits per heavy atom. The number of amides is 2. The fourth-order valence-corrected chi connectivity index (χ4v) is 3.91. The van der Waals surface area contributed by atoms with Crippen molar-refractivity contribution >= 4 is 17.8 Å². The Hall–Kier alpha value is -2.91. The fourth-order valence-electron chi connectivity index (χ4n) is 3.91. The highest BCUT2D eigenvalue weighted by Gasteiger charge is 2.39. The molecular formula is C21H31N7O3. The van der Waals surface area contributed by atoms with Crippen LogP contribution >= 0.6 is 0 Å². The summed E-state index contributed by atoms with van der Waals surface area (Å²) in [5.74, 6) is 0.990. The first-order valence-electron chi connectivity index (χ1n) is 11.0. The Morgan fingerprint density at radius 1 is 1.35 bits per heavy atom. The van der Waals surface area contributed by atoms with E-state index >= 15 is 0 Å². The SMILES string of the molecule is CC(C)n1cc(CC(=O)Nc2cc([C@H]3CC[C@@H](COC(=O)NC4(C)CC4)C3)[nH]n2)nn1. The van der Waals surface area contributed by atoms with Gasteiger partial charge in [0.1, 0.15) is 0 Å². The highest BCUT2D eigenvalue weighted by Crippen LogP contribution is 2.38. The van der Waals surface area contributed by atoms with Crippen LogP contribution in [0.1, 0.15) is 76.2 Å². The van der Waals surface area contributed by atoms with Crippen molar-refractivity contribution in [1.82, 2.24) is 30.5 Å². The number of carbonyl (C=O) groups is 2. The van der Waals surface area contributed by atoms with Gasteiger partial charge in [0.05, 0.1) is 18.7 Å². The molecular weight excluding hydrogens is 398 g/mol. The van der Waals surface area contributed by atoms with Gasteiger partial charge in [-0.15, -0.1) is 5.10 Å². The summed E-state index contributed by atoms with van der Waals surface area (Å²) in [6, 6.07) is 2.09. The molecule has 2 heterocycles. The quantitative estimate of drug-likeness (QED) is 0.592. The average molecular weight is 430 g/mol. The third-order valence-corrected chi connectivity index (χ3v) is 6.13. The number of carbonyl (C=O) groups excluding carboxylic acids is 2. The van der Waals surface area contributed by atoms with Gasteiger partial charge in [0.2, 0.25) is 5.91 Å². The van der Waals surface area contributed by atoms with Gasteiger partial charge in [0, 0.05) is 35.5 Å². The molecule has 0 bridgehead atoms. The number of alkyl carbamates (subject to hydrolysis) is 1. The second kappa shape index (κ2) is 8.68. The number of hydrogen-bond donors (Lipinski definition) is 3. The minimum atomic E-state index is -0.316. The summed E-state index contributed by atoms with van der Waals surface area (Å²) >= 11 is 0. The fraction of sp³-hybridized carbons (Fsp3) is 0.667. The summed E-state index contributed by atoms with van der Waals surface area (Å²) in [4.78, 5) is 24.2. The molecule has 0 saturated heterocycles. The molecule has 168 valence electrons. The predicted octanol–water partition coefficient (Wildman–Crippen LogP) is 2.93. The van der Waals surface area contributed by atoms with Gasteiger partial charge in [-0.2, -0.15) is 5.10 Å². The Balaban J connectivity index is 1.22. The van der Waals surface area contributed by atoms with E-state index in [-0.39, 0.29) is 30.0 Å². The molecule has 10 nitrogen and oxygen atoms in total. The number of H-pyrrole nitrogens is 1. The maximum absolute atomic E-state index is 12.3. The predicted molar refractivity (Wildman–Crippen MR) is 114 cm³/mol. The van der Waals surface area contributed by atoms with Crippen molar-refractivity contribution in [1.29, 1.82) is 0 Å². The molecule has 31 heavy (non-hydrogen) atoms. The Bertz CT molecular complexity index is 931. The second-order valence-electron chi connectivity index (χ2n) is 9.38. The van der Waals surface area contributed by atoms with E-state index in [0.717, 1.165) is 37.8 Å². The molecule has 0 aliphatic heterocycles. The van der Waals surface area contributed by atoms with E-state index in [1.54, 1.807) is 10.9 Å². The lowest BCUT2D eigenvalue weighted by Crippen LogP contribution is -2.35. The molecule has 2 fully saturated rings. The van der Waals surface area contributed by atoms with Crippen LogP contribution in [0.4, 0.5) is 10.6 Å². The zero-order valence-electron chi connectivity index (χ0n) is 18.4. The molecule has 2 atom stereocenters. The van der Waals surface area contributed by atoms with Crippen LogP contribution in [0.3, 0.4) is 0 Å². The van der Waals surface area contributed by atoms with Gasteiger partial charge in [-0.05, 0) is 58.8 Å². The lowest BCUT2D eigenvalue weighted by atomic mass is 10.0. The van der Waals surface area contributed by atoms with E-state index in [2.05, 4.69) is 31.1 Å². The molecule has 2 aromatic rings. The van der Waals surface area contributed by atoms with Gasteiger partial charge in [-0.25, -0.2) is 9.48 Å². The monoisotopic (exact) mass is 429 g/mol. The molecule has 2 aliphatic carbocycles. The topological polar surface area (TPSA) is 127 Å². The van der Waals surface area contributed by atoms with Crippen LogP contribution in [0.2, 0.25) is 0 Å². The number of nitrogens with one attached hydrogen (secondary N) is 3. The number of ether oxygens (including phenoxy) is 1. The highest BCUT2D eigenvalue weighted by molar-refractivity contribution is 5.91. The smallest absolute Gasteiger partial charge is 0.407 e. The van der Waals surface area contributed by atoms with Crippen LogP contribution in [0.5, 0.6) is 0 Å². The van der Waals surface area contributed by atoms with Crippen molar-refractivity contribution in [2.45, 2.75) is 76.8 Å². The standard InChI is InChI=1S/C21H31N7O3/c1-13(2)28-11-16(24-27-28)9-19(29)22-18-10-17(25-26-18)15-5-4-14(8-15)12-31-20(30)23-21(3)6-7-21/h10-11,13-15H,4-9,12H2,1-3H3,(H,23,30)(H2,22,25,26,29)/t14-,15+/m1/s1. The van der Waals surface area contributed by atoms with Gasteiger partial charge < -0.3 is 15.4 Å². The maximum Gasteiger partial charge on any atom is 0.407 e. The molecule has 10 heteroatoms. The van der Waals surface area contributed by atoms with Gasteiger partial charge >= 0.3 is 6.09 Å². The Kier molecular flexibility index (Phi) is 5.97. The van der Waals surface area contributed by atoms with Crippen LogP contribution in [-0.2, 0) is 16.0 Å². The van der Waals surface area contributed by atoms with Crippen molar-refractivity contribution in [2.75, 3.05) is 11.9 Å². The Morgan fingerprint density at radius 3 is 2.87 bits per heavy atom. The summed E-state index contributed by atoms with van der Waals surface area (Å²) in [6.45, 7) is 6.48. The van der Waals surface area contributed by atoms with E-state index in [1.807, 2.05) is 26.8 Å². The van der Waals surface area contributed by atoms with E-state index in [0.29, 0.717) is 30.0 Å². The summed E-state index contributed by atoms with van der Waals surface area (Å²) in [7, 11) is 0. The summed E-state index contributed by atoms with van der Waals surface area (Å²) in [5, 5.41) is 21.1. The minimum Gasteiger partial charge on any atom is -0.449 e. The number of aromatic nitrogens is 5. The largest absolute Gasteiger partial charge is 0.449 e. The summed E-state index contributed by atoms with van der Waals surface area (Å²) in [5.41, 5.74) is 1.57. The number of aromatic amines is 1. The van der Waals surface area contributed by atoms with Crippen molar-refractivity contribution < 1.29 is 14.3 Å². The molecule has 2 aromatic heterocycles. The van der Waals surface area contributed by atoms with Crippen LogP contribution < -0.4 is 10.6 Å². The van der Waals surface area contributed by atoms with E-state index in [9.17, 15) is 9.59 Å². The third kappa shape index (κ3) is 5.62. The van der Waals surface area contributed by atoms with Gasteiger partial charge in [-0.3, -0.25) is 9.89 Å². The number of nitrogens with zero attached hydrogens (tertiary/aromatic N) is 4. The van der Waals surface area contributed by atoms with Crippen molar-refractivity contribution in [3.8, 4) is 0 Å². The number of hydrogen-bond acceptors (Lipinski definition) is 6. The number of anilines is 1. The van der Waals surface area contributed by atoms with Crippen molar-refractivity contribution in [3.63, 3.8) is 0 Å². The lowest BCUT2D eigenvalue weighted by Gasteiger charge is -2.14. The van der Waals surface area contributed by atoms with Crippen LogP contribution in [0, 0.1) is 5.92 Å². The second-order valence-corrected chi connectivity index (χ2v) is 9.38. The average Bonchev–Trinajstić information content (AvgIpc) is 3.17. The molecule has 4 rings (SSSR count). The van der Waals surface area contributed by atoms with Crippen molar-refractivity contribution in [3.05, 3.63) is 23.7 Å².